The third-order valence-corrected chi connectivity index (χ3v) is 15.4. The third kappa shape index (κ3) is 8.53. The van der Waals surface area contributed by atoms with Crippen LogP contribution in [0.25, 0.3) is 44.3 Å². The van der Waals surface area contributed by atoms with Gasteiger partial charge in [-0.05, 0) is 152 Å². The van der Waals surface area contributed by atoms with Crippen LogP contribution < -0.4 is 10.2 Å². The number of hydrogen-bond acceptors (Lipinski definition) is 10. The molecule has 3 aromatic carbocycles. The fourth-order valence-corrected chi connectivity index (χ4v) is 11.6. The smallest absolute Gasteiger partial charge is 0.227 e. The van der Waals surface area contributed by atoms with E-state index in [1.54, 1.807) is 14.2 Å². The molecule has 15 heteroatoms. The quantitative estimate of drug-likeness (QED) is 0.148. The van der Waals surface area contributed by atoms with Gasteiger partial charge < -0.3 is 37.9 Å². The summed E-state index contributed by atoms with van der Waals surface area (Å²) in [5.41, 5.74) is 11.8. The van der Waals surface area contributed by atoms with Gasteiger partial charge in [-0.2, -0.15) is 0 Å². The maximum absolute atomic E-state index is 13.2. The number of benzene rings is 3. The molecule has 4 aliphatic rings. The molecule has 0 unspecified atom stereocenters. The predicted octanol–water partition coefficient (Wildman–Crippen LogP) is 11.7. The Morgan fingerprint density at radius 1 is 0.632 bits per heavy atom. The Bertz CT molecular complexity index is 2970. The molecule has 2 amide bonds. The second-order valence-electron chi connectivity index (χ2n) is 19.2. The molecule has 2 atom stereocenters. The minimum absolute atomic E-state index is 0.0208. The second kappa shape index (κ2) is 18.9. The summed E-state index contributed by atoms with van der Waals surface area (Å²) < 4.78 is 26.8. The van der Waals surface area contributed by atoms with Gasteiger partial charge in [0.15, 0.2) is 0 Å². The Balaban J connectivity index is 0.000000163. The van der Waals surface area contributed by atoms with Gasteiger partial charge in [0.25, 0.3) is 0 Å². The summed E-state index contributed by atoms with van der Waals surface area (Å²) in [6, 6.07) is 19.2. The third-order valence-electron chi connectivity index (χ3n) is 15.0. The molecule has 11 rings (SSSR count). The number of methoxy groups -OCH3 is 2. The van der Waals surface area contributed by atoms with E-state index >= 15 is 0 Å². The summed E-state index contributed by atoms with van der Waals surface area (Å²) in [5, 5.41) is 12.0. The Morgan fingerprint density at radius 3 is 1.63 bits per heavy atom. The number of aromatic nitrogens is 6. The average Bonchev–Trinajstić information content (AvgIpc) is 4.22. The van der Waals surface area contributed by atoms with E-state index in [4.69, 9.17) is 40.1 Å². The standard InChI is InChI=1S/C30H33ClN4O3.C23H28N4O3/c1-17-5-7-22(16-24(17)31)34-27(13-14-28(34)36)30-32-25-15-20(29-18(2)33-38-19(29)3)6-12-26(25)35(30)21-8-10-23(37-4)11-9-21;1-13-22(14(2)30-26-13)15-4-10-20-19(12-15)25-23(18-9-11-21(28)24-18)27(20)16-5-7-17(29-3)8-6-16/h5-7,12,15-16,21,23,27H,8-11,13-14H2,1-4H3;4,10,12,16-18H,5-9,11H2,1-3H3,(H,24,28)/t21?,23?,27-;16?,17?,18-/m00/s1. The van der Waals surface area contributed by atoms with Crippen LogP contribution in [-0.4, -0.2) is 67.7 Å². The summed E-state index contributed by atoms with van der Waals surface area (Å²) in [7, 11) is 3.60. The van der Waals surface area contributed by atoms with Crippen LogP contribution in [0.1, 0.15) is 141 Å². The molecular weight excluding hydrogens is 880 g/mol. The number of anilines is 1. The molecule has 7 aromatic rings. The van der Waals surface area contributed by atoms with E-state index in [0.29, 0.717) is 42.2 Å². The van der Waals surface area contributed by atoms with Crippen molar-refractivity contribution in [1.29, 1.82) is 0 Å². The van der Waals surface area contributed by atoms with Crippen LogP contribution in [0.15, 0.2) is 63.6 Å². The Hall–Kier alpha value is -5.83. The molecule has 1 N–H and O–H groups in total. The number of carbonyl (C=O) groups is 2. The number of rotatable bonds is 9. The van der Waals surface area contributed by atoms with Crippen LogP contribution in [0.2, 0.25) is 5.02 Å². The van der Waals surface area contributed by atoms with E-state index < -0.39 is 0 Å². The highest BCUT2D eigenvalue weighted by Crippen LogP contribution is 2.44. The van der Waals surface area contributed by atoms with Crippen molar-refractivity contribution in [3.8, 4) is 22.3 Å². The lowest BCUT2D eigenvalue weighted by atomic mass is 9.92. The molecule has 2 saturated heterocycles. The number of ether oxygens (including phenoxy) is 2. The Labute approximate surface area is 401 Å². The van der Waals surface area contributed by atoms with Gasteiger partial charge in [0.2, 0.25) is 11.8 Å². The average molecular weight is 942 g/mol. The Kier molecular flexibility index (Phi) is 12.8. The first kappa shape index (κ1) is 45.9. The highest BCUT2D eigenvalue weighted by Gasteiger charge is 2.39. The molecule has 4 aromatic heterocycles. The van der Waals surface area contributed by atoms with Gasteiger partial charge in [-0.25, -0.2) is 9.97 Å². The van der Waals surface area contributed by atoms with Gasteiger partial charge in [0.1, 0.15) is 23.2 Å². The number of nitrogens with zero attached hydrogens (tertiary/aromatic N) is 7. The van der Waals surface area contributed by atoms with Crippen molar-refractivity contribution in [1.82, 2.24) is 34.7 Å². The molecule has 2 aliphatic carbocycles. The van der Waals surface area contributed by atoms with Gasteiger partial charge in [-0.15, -0.1) is 0 Å². The Morgan fingerprint density at radius 2 is 1.16 bits per heavy atom. The van der Waals surface area contributed by atoms with Gasteiger partial charge >= 0.3 is 0 Å². The van der Waals surface area contributed by atoms with Crippen molar-refractivity contribution in [2.45, 2.75) is 148 Å². The molecule has 14 nitrogen and oxygen atoms in total. The SMILES string of the molecule is COC1CCC(n2c([C@@H]3CCC(=O)N3)nc3cc(-c4c(C)noc4C)ccc32)CC1.COC1CCC(n2c([C@@H]3CCC(=O)N3c3ccc(C)c(Cl)c3)nc3cc(-c4c(C)noc4C)ccc32)CC1. The molecule has 6 heterocycles. The zero-order valence-electron chi connectivity index (χ0n) is 40.1. The molecule has 68 heavy (non-hydrogen) atoms. The van der Waals surface area contributed by atoms with Crippen molar-refractivity contribution in [3.63, 3.8) is 0 Å². The molecule has 2 aliphatic heterocycles. The van der Waals surface area contributed by atoms with Crippen molar-refractivity contribution >= 4 is 51.2 Å². The van der Waals surface area contributed by atoms with E-state index in [2.05, 4.69) is 61.2 Å². The van der Waals surface area contributed by atoms with Gasteiger partial charge in [-0.1, -0.05) is 40.1 Å². The van der Waals surface area contributed by atoms with Gasteiger partial charge in [-0.3, -0.25) is 9.59 Å². The van der Waals surface area contributed by atoms with Crippen LogP contribution in [0.4, 0.5) is 5.69 Å². The first-order valence-corrected chi connectivity index (χ1v) is 24.6. The highest BCUT2D eigenvalue weighted by atomic mass is 35.5. The van der Waals surface area contributed by atoms with Crippen molar-refractivity contribution < 1.29 is 28.1 Å². The normalized spacial score (nSPS) is 23.1. The molecule has 0 spiro atoms. The maximum atomic E-state index is 13.2. The number of fused-ring (bicyclic) bond motifs is 2. The van der Waals surface area contributed by atoms with E-state index in [9.17, 15) is 9.59 Å². The van der Waals surface area contributed by atoms with Crippen LogP contribution in [0.3, 0.4) is 0 Å². The van der Waals surface area contributed by atoms with Crippen LogP contribution in [0.5, 0.6) is 0 Å². The fourth-order valence-electron chi connectivity index (χ4n) is 11.5. The van der Waals surface area contributed by atoms with E-state index in [1.165, 1.54) is 0 Å². The first-order chi connectivity index (χ1) is 32.9. The van der Waals surface area contributed by atoms with Gasteiger partial charge in [0.05, 0.1) is 57.7 Å². The lowest BCUT2D eigenvalue weighted by molar-refractivity contribution is -0.119. The van der Waals surface area contributed by atoms with Crippen molar-refractivity contribution in [2.75, 3.05) is 19.1 Å². The highest BCUT2D eigenvalue weighted by molar-refractivity contribution is 6.31. The molecular formula is C53H61ClN8O6. The first-order valence-electron chi connectivity index (χ1n) is 24.2. The van der Waals surface area contributed by atoms with Crippen LogP contribution >= 0.6 is 11.6 Å². The summed E-state index contributed by atoms with van der Waals surface area (Å²) in [4.78, 5) is 37.3. The molecule has 0 radical (unpaired) electrons. The number of carbonyl (C=O) groups excluding carboxylic acids is 2. The summed E-state index contributed by atoms with van der Waals surface area (Å²) in [6.07, 6.45) is 11.5. The minimum atomic E-state index is -0.156. The van der Waals surface area contributed by atoms with E-state index in [0.717, 1.165) is 154 Å². The molecule has 4 fully saturated rings. The van der Waals surface area contributed by atoms with Gasteiger partial charge in [0, 0.05) is 61.0 Å². The zero-order valence-corrected chi connectivity index (χ0v) is 40.9. The summed E-state index contributed by atoms with van der Waals surface area (Å²) >= 11 is 6.49. The zero-order chi connectivity index (χ0) is 47.4. The van der Waals surface area contributed by atoms with Crippen LogP contribution in [-0.2, 0) is 19.1 Å². The number of imidazole rings is 2. The number of halogens is 1. The molecule has 0 bridgehead atoms. The van der Waals surface area contributed by atoms with Crippen molar-refractivity contribution in [3.05, 3.63) is 99.7 Å². The van der Waals surface area contributed by atoms with Crippen molar-refractivity contribution in [2.24, 2.45) is 0 Å². The number of amides is 2. The monoisotopic (exact) mass is 940 g/mol. The van der Waals surface area contributed by atoms with E-state index in [1.807, 2.05) is 57.7 Å². The topological polar surface area (TPSA) is 156 Å². The second-order valence-corrected chi connectivity index (χ2v) is 19.6. The number of aryl methyl sites for hydroxylation is 5. The lowest BCUT2D eigenvalue weighted by Gasteiger charge is -2.32. The summed E-state index contributed by atoms with van der Waals surface area (Å²) in [6.45, 7) is 9.77. The molecule has 356 valence electrons. The fraction of sp³-hybridized carbons (Fsp3) is 0.472. The number of hydrogen-bond donors (Lipinski definition) is 1. The summed E-state index contributed by atoms with van der Waals surface area (Å²) in [5.74, 6) is 3.74. The van der Waals surface area contributed by atoms with E-state index in [-0.39, 0.29) is 23.9 Å². The predicted molar refractivity (Wildman–Crippen MR) is 262 cm³/mol. The minimum Gasteiger partial charge on any atom is -0.381 e. The molecule has 2 saturated carbocycles. The maximum Gasteiger partial charge on any atom is 0.227 e. The largest absolute Gasteiger partial charge is 0.381 e. The van der Waals surface area contributed by atoms with Crippen LogP contribution in [0, 0.1) is 34.6 Å². The number of nitrogens with one attached hydrogen (secondary N) is 1. The lowest BCUT2D eigenvalue weighted by Crippen LogP contribution is -2.31.